The summed E-state index contributed by atoms with van der Waals surface area (Å²) in [6.07, 6.45) is 2.80. The molecule has 5 nitrogen and oxygen atoms in total. The summed E-state index contributed by atoms with van der Waals surface area (Å²) in [5.74, 6) is -1.25. The maximum Gasteiger partial charge on any atom is 0.303 e. The first-order valence-electron chi connectivity index (χ1n) is 4.96. The first-order valence-corrected chi connectivity index (χ1v) is 5.34. The smallest absolute Gasteiger partial charge is 0.303 e. The van der Waals surface area contributed by atoms with Gasteiger partial charge in [-0.05, 0) is 6.07 Å². The van der Waals surface area contributed by atoms with Crippen molar-refractivity contribution in [2.24, 2.45) is 0 Å². The van der Waals surface area contributed by atoms with Crippen molar-refractivity contribution in [1.82, 2.24) is 9.97 Å². The summed E-state index contributed by atoms with van der Waals surface area (Å²) in [5.41, 5.74) is 0.913. The van der Waals surface area contributed by atoms with Crippen LogP contribution in [-0.2, 0) is 4.79 Å². The SMILES string of the molecule is O=C(O)CCC(=O)c1c[nH]c2nccc(Cl)c12. The number of aromatic nitrogens is 2. The minimum Gasteiger partial charge on any atom is -0.481 e. The molecule has 2 N–H and O–H groups in total. The quantitative estimate of drug-likeness (QED) is 0.818. The molecule has 0 aliphatic heterocycles. The normalized spacial score (nSPS) is 10.6. The number of carboxylic acid groups (broad SMARTS) is 1. The van der Waals surface area contributed by atoms with Crippen molar-refractivity contribution >= 4 is 34.4 Å². The van der Waals surface area contributed by atoms with Gasteiger partial charge in [0, 0.05) is 29.8 Å². The Bertz CT molecular complexity index is 591. The van der Waals surface area contributed by atoms with Gasteiger partial charge in [0.25, 0.3) is 0 Å². The number of Topliss-reactive ketones (excluding diaryl/α,β-unsaturated/α-hetero) is 1. The topological polar surface area (TPSA) is 83.0 Å². The number of ketones is 1. The fourth-order valence-corrected chi connectivity index (χ4v) is 1.84. The van der Waals surface area contributed by atoms with E-state index in [1.165, 1.54) is 12.4 Å². The van der Waals surface area contributed by atoms with Gasteiger partial charge in [-0.15, -0.1) is 0 Å². The first kappa shape index (κ1) is 11.6. The number of hydrogen-bond donors (Lipinski definition) is 2. The molecule has 0 aromatic carbocycles. The van der Waals surface area contributed by atoms with E-state index in [2.05, 4.69) is 9.97 Å². The molecule has 2 aromatic heterocycles. The van der Waals surface area contributed by atoms with E-state index >= 15 is 0 Å². The molecule has 0 saturated carbocycles. The average molecular weight is 253 g/mol. The number of nitrogens with zero attached hydrogens (tertiary/aromatic N) is 1. The highest BCUT2D eigenvalue weighted by Crippen LogP contribution is 2.25. The molecule has 17 heavy (non-hydrogen) atoms. The van der Waals surface area contributed by atoms with Crippen molar-refractivity contribution in [3.63, 3.8) is 0 Å². The molecule has 0 saturated heterocycles. The van der Waals surface area contributed by atoms with Gasteiger partial charge in [-0.2, -0.15) is 0 Å². The molecule has 0 aliphatic rings. The third-order valence-electron chi connectivity index (χ3n) is 2.39. The Kier molecular flexibility index (Phi) is 3.10. The summed E-state index contributed by atoms with van der Waals surface area (Å²) in [6, 6.07) is 1.59. The summed E-state index contributed by atoms with van der Waals surface area (Å²) in [5, 5.41) is 9.50. The Hall–Kier alpha value is -1.88. The van der Waals surface area contributed by atoms with Gasteiger partial charge in [0.1, 0.15) is 5.65 Å². The second-order valence-corrected chi connectivity index (χ2v) is 3.94. The van der Waals surface area contributed by atoms with E-state index in [9.17, 15) is 9.59 Å². The van der Waals surface area contributed by atoms with Crippen LogP contribution >= 0.6 is 11.6 Å². The predicted molar refractivity (Wildman–Crippen MR) is 62.3 cm³/mol. The van der Waals surface area contributed by atoms with Crippen LogP contribution in [0, 0.1) is 0 Å². The summed E-state index contributed by atoms with van der Waals surface area (Å²) in [4.78, 5) is 29.1. The molecule has 0 fully saturated rings. The zero-order chi connectivity index (χ0) is 12.4. The van der Waals surface area contributed by atoms with Crippen LogP contribution in [0.25, 0.3) is 11.0 Å². The van der Waals surface area contributed by atoms with Gasteiger partial charge >= 0.3 is 5.97 Å². The molecule has 2 aromatic rings. The second-order valence-electron chi connectivity index (χ2n) is 3.54. The lowest BCUT2D eigenvalue weighted by Crippen LogP contribution is -2.03. The lowest BCUT2D eigenvalue weighted by molar-refractivity contribution is -0.136. The number of carbonyl (C=O) groups excluding carboxylic acids is 1. The molecule has 2 heterocycles. The number of pyridine rings is 1. The standard InChI is InChI=1S/C11H9ClN2O3/c12-7-3-4-13-11-10(7)6(5-14-11)8(15)1-2-9(16)17/h3-5H,1-2H2,(H,13,14)(H,16,17). The van der Waals surface area contributed by atoms with Crippen LogP contribution in [0.15, 0.2) is 18.5 Å². The van der Waals surface area contributed by atoms with Crippen molar-refractivity contribution in [1.29, 1.82) is 0 Å². The number of aromatic amines is 1. The summed E-state index contributed by atoms with van der Waals surface area (Å²) < 4.78 is 0. The molecular weight excluding hydrogens is 244 g/mol. The summed E-state index contributed by atoms with van der Waals surface area (Å²) >= 11 is 5.98. The van der Waals surface area contributed by atoms with E-state index in [1.54, 1.807) is 6.07 Å². The highest BCUT2D eigenvalue weighted by molar-refractivity contribution is 6.36. The lowest BCUT2D eigenvalue weighted by Gasteiger charge is -1.98. The van der Waals surface area contributed by atoms with E-state index in [4.69, 9.17) is 16.7 Å². The fourth-order valence-electron chi connectivity index (χ4n) is 1.59. The zero-order valence-electron chi connectivity index (χ0n) is 8.74. The van der Waals surface area contributed by atoms with Crippen molar-refractivity contribution in [3.05, 3.63) is 29.0 Å². The number of carbonyl (C=O) groups is 2. The Balaban J connectivity index is 2.36. The maximum absolute atomic E-state index is 11.8. The van der Waals surface area contributed by atoms with Gasteiger partial charge in [-0.25, -0.2) is 4.98 Å². The molecule has 88 valence electrons. The number of carboxylic acids is 1. The van der Waals surface area contributed by atoms with Crippen LogP contribution in [0.2, 0.25) is 5.02 Å². The van der Waals surface area contributed by atoms with Gasteiger partial charge in [0.15, 0.2) is 5.78 Å². The summed E-state index contributed by atoms with van der Waals surface area (Å²) in [6.45, 7) is 0. The molecule has 0 bridgehead atoms. The number of aliphatic carboxylic acids is 1. The third-order valence-corrected chi connectivity index (χ3v) is 2.70. The minimum absolute atomic E-state index is 0.0481. The highest BCUT2D eigenvalue weighted by Gasteiger charge is 2.15. The van der Waals surface area contributed by atoms with E-state index in [1.807, 2.05) is 0 Å². The summed E-state index contributed by atoms with van der Waals surface area (Å²) in [7, 11) is 0. The number of rotatable bonds is 4. The largest absolute Gasteiger partial charge is 0.481 e. The van der Waals surface area contributed by atoms with Gasteiger partial charge < -0.3 is 10.1 Å². The lowest BCUT2D eigenvalue weighted by atomic mass is 10.1. The van der Waals surface area contributed by atoms with E-state index in [-0.39, 0.29) is 18.6 Å². The Morgan fingerprint density at radius 2 is 2.18 bits per heavy atom. The molecule has 0 unspecified atom stereocenters. The Morgan fingerprint density at radius 3 is 2.88 bits per heavy atom. The van der Waals surface area contributed by atoms with Crippen LogP contribution in [0.3, 0.4) is 0 Å². The fraction of sp³-hybridized carbons (Fsp3) is 0.182. The second kappa shape index (κ2) is 4.55. The van der Waals surface area contributed by atoms with Gasteiger partial charge in [-0.1, -0.05) is 11.6 Å². The highest BCUT2D eigenvalue weighted by atomic mass is 35.5. The van der Waals surface area contributed by atoms with Crippen molar-refractivity contribution in [2.75, 3.05) is 0 Å². The zero-order valence-corrected chi connectivity index (χ0v) is 9.49. The van der Waals surface area contributed by atoms with Crippen molar-refractivity contribution < 1.29 is 14.7 Å². The van der Waals surface area contributed by atoms with E-state index in [0.717, 1.165) is 0 Å². The van der Waals surface area contributed by atoms with Gasteiger partial charge in [0.05, 0.1) is 11.4 Å². The van der Waals surface area contributed by atoms with Crippen molar-refractivity contribution in [2.45, 2.75) is 12.8 Å². The van der Waals surface area contributed by atoms with Crippen LogP contribution in [0.5, 0.6) is 0 Å². The molecule has 0 amide bonds. The number of halogens is 1. The van der Waals surface area contributed by atoms with Gasteiger partial charge in [0.2, 0.25) is 0 Å². The molecule has 2 rings (SSSR count). The van der Waals surface area contributed by atoms with Crippen LogP contribution in [0.4, 0.5) is 0 Å². The molecule has 0 aliphatic carbocycles. The molecule has 0 atom stereocenters. The molecular formula is C11H9ClN2O3. The molecule has 0 spiro atoms. The number of nitrogens with one attached hydrogen (secondary N) is 1. The predicted octanol–water partition coefficient (Wildman–Crippen LogP) is 2.26. The van der Waals surface area contributed by atoms with Crippen molar-refractivity contribution in [3.8, 4) is 0 Å². The van der Waals surface area contributed by atoms with E-state index < -0.39 is 5.97 Å². The number of H-pyrrole nitrogens is 1. The van der Waals surface area contributed by atoms with Crippen LogP contribution in [0.1, 0.15) is 23.2 Å². The monoisotopic (exact) mass is 252 g/mol. The average Bonchev–Trinajstić information content (AvgIpc) is 2.71. The molecule has 6 heteroatoms. The molecule has 0 radical (unpaired) electrons. The number of fused-ring (bicyclic) bond motifs is 1. The first-order chi connectivity index (χ1) is 8.09. The Labute approximate surface area is 101 Å². The Morgan fingerprint density at radius 1 is 1.41 bits per heavy atom. The van der Waals surface area contributed by atoms with Gasteiger partial charge in [-0.3, -0.25) is 9.59 Å². The van der Waals surface area contributed by atoms with Crippen LogP contribution < -0.4 is 0 Å². The minimum atomic E-state index is -0.998. The maximum atomic E-state index is 11.8. The number of hydrogen-bond acceptors (Lipinski definition) is 3. The third kappa shape index (κ3) is 2.29. The van der Waals surface area contributed by atoms with E-state index in [0.29, 0.717) is 21.6 Å². The van der Waals surface area contributed by atoms with Crippen LogP contribution in [-0.4, -0.2) is 26.8 Å².